The number of ether oxygens (including phenoxy) is 3. The van der Waals surface area contributed by atoms with E-state index < -0.39 is 31.1 Å². The maximum Gasteiger partial charge on any atom is 0.308 e. The molecule has 0 fully saturated rings. The monoisotopic (exact) mass is 195 g/mol. The molecule has 0 spiro atoms. The Morgan fingerprint density at radius 2 is 2.08 bits per heavy atom. The van der Waals surface area contributed by atoms with Gasteiger partial charge in [0.15, 0.2) is 6.29 Å². The minimum Gasteiger partial charge on any atom is -0.469 e. The summed E-state index contributed by atoms with van der Waals surface area (Å²) in [6.07, 6.45) is -2.19. The average Bonchev–Trinajstić information content (AvgIpc) is 2.17. The number of carbonyl (C=O) groups excluding carboxylic acids is 1. The van der Waals surface area contributed by atoms with Crippen molar-refractivity contribution in [1.29, 1.82) is 0 Å². The topological polar surface area (TPSA) is 65.0 Å². The van der Waals surface area contributed by atoms with Crippen molar-refractivity contribution in [3.63, 3.8) is 0 Å². The molecule has 0 unspecified atom stereocenters. The molecule has 0 aliphatic heterocycles. The number of esters is 1. The van der Waals surface area contributed by atoms with Crippen LogP contribution < -0.4 is 0 Å². The molecule has 78 valence electrons. The summed E-state index contributed by atoms with van der Waals surface area (Å²) in [5, 5.41) is 10.00. The Balaban J connectivity index is 5.10. The zero-order chi connectivity index (χ0) is 13.0. The van der Waals surface area contributed by atoms with Crippen LogP contribution in [-0.4, -0.2) is 44.3 Å². The Morgan fingerprint density at radius 1 is 1.54 bits per heavy atom. The van der Waals surface area contributed by atoms with Crippen LogP contribution in [0.25, 0.3) is 0 Å². The molecular formula is C8H16O5. The van der Waals surface area contributed by atoms with Crippen LogP contribution in [0.3, 0.4) is 0 Å². The fraction of sp³-hybridized carbons (Fsp3) is 0.875. The predicted octanol–water partition coefficient (Wildman–Crippen LogP) is -0.0806. The molecule has 0 aliphatic rings. The maximum atomic E-state index is 11.1. The van der Waals surface area contributed by atoms with E-state index in [1.807, 2.05) is 0 Å². The first-order chi connectivity index (χ1) is 7.22. The minimum absolute atomic E-state index is 0.744. The Morgan fingerprint density at radius 3 is 2.38 bits per heavy atom. The standard InChI is InChI=1S/C8H16O5/c1-8(10,5-6(9)11-2)7(12-3)13-4/h7,10H,5H2,1-4H3/t8-/m0/s1/i1D3. The molecule has 0 bridgehead atoms. The molecule has 13 heavy (non-hydrogen) atoms. The molecule has 5 heteroatoms. The lowest BCUT2D eigenvalue weighted by molar-refractivity contribution is -0.213. The van der Waals surface area contributed by atoms with Crippen LogP contribution in [-0.2, 0) is 19.0 Å². The van der Waals surface area contributed by atoms with Crippen LogP contribution in [0.15, 0.2) is 0 Å². The van der Waals surface area contributed by atoms with E-state index in [2.05, 4.69) is 4.74 Å². The van der Waals surface area contributed by atoms with Gasteiger partial charge in [-0.05, 0) is 6.85 Å². The van der Waals surface area contributed by atoms with Crippen molar-refractivity contribution in [3.05, 3.63) is 0 Å². The molecule has 0 aromatic heterocycles. The number of rotatable bonds is 5. The van der Waals surface area contributed by atoms with Gasteiger partial charge in [0.05, 0.1) is 13.5 Å². The first-order valence-corrected chi connectivity index (χ1v) is 3.57. The molecule has 0 saturated heterocycles. The quantitative estimate of drug-likeness (QED) is 0.491. The highest BCUT2D eigenvalue weighted by Gasteiger charge is 2.35. The van der Waals surface area contributed by atoms with Gasteiger partial charge in [0.25, 0.3) is 0 Å². The highest BCUT2D eigenvalue weighted by atomic mass is 16.7. The number of methoxy groups -OCH3 is 3. The summed E-state index contributed by atoms with van der Waals surface area (Å²) in [4.78, 5) is 11.1. The number of aliphatic hydroxyl groups is 1. The van der Waals surface area contributed by atoms with Crippen molar-refractivity contribution in [3.8, 4) is 0 Å². The van der Waals surface area contributed by atoms with E-state index >= 15 is 0 Å². The summed E-state index contributed by atoms with van der Waals surface area (Å²) in [5.41, 5.74) is -2.44. The van der Waals surface area contributed by atoms with Gasteiger partial charge in [-0.2, -0.15) is 0 Å². The number of carbonyl (C=O) groups is 1. The molecule has 0 heterocycles. The lowest BCUT2D eigenvalue weighted by atomic mass is 10.0. The Hall–Kier alpha value is -0.650. The van der Waals surface area contributed by atoms with Crippen LogP contribution in [0.1, 0.15) is 17.4 Å². The zero-order valence-electron chi connectivity index (χ0n) is 10.9. The summed E-state index contributed by atoms with van der Waals surface area (Å²) in [6.45, 7) is -2.84. The number of hydrogen-bond acceptors (Lipinski definition) is 5. The van der Waals surface area contributed by atoms with E-state index in [0.29, 0.717) is 0 Å². The van der Waals surface area contributed by atoms with Crippen LogP contribution in [0.4, 0.5) is 0 Å². The molecular weight excluding hydrogens is 176 g/mol. The fourth-order valence-corrected chi connectivity index (χ4v) is 0.862. The van der Waals surface area contributed by atoms with E-state index in [1.165, 1.54) is 14.2 Å². The summed E-state index contributed by atoms with van der Waals surface area (Å²) in [6, 6.07) is 0. The van der Waals surface area contributed by atoms with Gasteiger partial charge in [-0.25, -0.2) is 0 Å². The number of hydrogen-bond donors (Lipinski definition) is 1. The fourth-order valence-electron chi connectivity index (χ4n) is 0.862. The van der Waals surface area contributed by atoms with Crippen molar-refractivity contribution in [2.75, 3.05) is 21.3 Å². The molecule has 0 rings (SSSR count). The van der Waals surface area contributed by atoms with E-state index in [4.69, 9.17) is 13.6 Å². The second kappa shape index (κ2) is 5.16. The molecule has 1 N–H and O–H groups in total. The Bertz CT molecular complexity index is 238. The smallest absolute Gasteiger partial charge is 0.308 e. The second-order valence-electron chi connectivity index (χ2n) is 2.48. The van der Waals surface area contributed by atoms with Gasteiger partial charge in [-0.1, -0.05) is 0 Å². The van der Waals surface area contributed by atoms with Gasteiger partial charge < -0.3 is 19.3 Å². The van der Waals surface area contributed by atoms with E-state index in [0.717, 1.165) is 7.11 Å². The van der Waals surface area contributed by atoms with Crippen LogP contribution >= 0.6 is 0 Å². The highest BCUT2D eigenvalue weighted by Crippen LogP contribution is 2.18. The molecule has 0 amide bonds. The third kappa shape index (κ3) is 3.71. The molecule has 0 saturated carbocycles. The SMILES string of the molecule is [2H]C([2H])([2H])[C@](O)(CC(=O)OC)C(OC)OC. The lowest BCUT2D eigenvalue weighted by Crippen LogP contribution is -2.43. The van der Waals surface area contributed by atoms with Gasteiger partial charge in [-0.15, -0.1) is 0 Å². The highest BCUT2D eigenvalue weighted by molar-refractivity contribution is 5.70. The normalized spacial score (nSPS) is 19.9. The van der Waals surface area contributed by atoms with E-state index in [1.54, 1.807) is 0 Å². The molecule has 0 aliphatic carbocycles. The van der Waals surface area contributed by atoms with Gasteiger partial charge in [0.2, 0.25) is 0 Å². The third-order valence-corrected chi connectivity index (χ3v) is 1.46. The van der Waals surface area contributed by atoms with Crippen molar-refractivity contribution >= 4 is 5.97 Å². The van der Waals surface area contributed by atoms with E-state index in [9.17, 15) is 9.90 Å². The van der Waals surface area contributed by atoms with Crippen LogP contribution in [0.5, 0.6) is 0 Å². The van der Waals surface area contributed by atoms with Crippen molar-refractivity contribution in [2.24, 2.45) is 0 Å². The minimum atomic E-state index is -2.84. The van der Waals surface area contributed by atoms with Gasteiger partial charge >= 0.3 is 5.97 Å². The predicted molar refractivity (Wildman–Crippen MR) is 45.1 cm³/mol. The summed E-state index contributed by atoms with van der Waals surface area (Å²) < 4.78 is 35.3. The second-order valence-corrected chi connectivity index (χ2v) is 2.48. The van der Waals surface area contributed by atoms with Crippen LogP contribution in [0.2, 0.25) is 0 Å². The summed E-state index contributed by atoms with van der Waals surface area (Å²) in [7, 11) is 3.43. The maximum absolute atomic E-state index is 11.1. The molecule has 0 radical (unpaired) electrons. The zero-order valence-corrected chi connectivity index (χ0v) is 7.86. The summed E-state index contributed by atoms with van der Waals surface area (Å²) in [5.74, 6) is -0.863. The molecule has 0 aromatic carbocycles. The lowest BCUT2D eigenvalue weighted by Gasteiger charge is -2.29. The Kier molecular flexibility index (Phi) is 3.07. The third-order valence-electron chi connectivity index (χ3n) is 1.46. The van der Waals surface area contributed by atoms with Gasteiger partial charge in [0, 0.05) is 18.3 Å². The summed E-state index contributed by atoms with van der Waals surface area (Å²) >= 11 is 0. The van der Waals surface area contributed by atoms with Crippen LogP contribution in [0, 0.1) is 0 Å². The first kappa shape index (κ1) is 7.73. The molecule has 0 aromatic rings. The molecule has 5 nitrogen and oxygen atoms in total. The largest absolute Gasteiger partial charge is 0.469 e. The van der Waals surface area contributed by atoms with Crippen molar-refractivity contribution < 1.29 is 28.2 Å². The van der Waals surface area contributed by atoms with Crippen molar-refractivity contribution in [1.82, 2.24) is 0 Å². The van der Waals surface area contributed by atoms with Gasteiger partial charge in [0.1, 0.15) is 5.60 Å². The molecule has 1 atom stereocenters. The average molecular weight is 195 g/mol. The van der Waals surface area contributed by atoms with Crippen molar-refractivity contribution in [2.45, 2.75) is 25.2 Å². The van der Waals surface area contributed by atoms with Gasteiger partial charge in [-0.3, -0.25) is 4.79 Å². The Labute approximate surface area is 81.8 Å². The first-order valence-electron chi connectivity index (χ1n) is 5.07. The van der Waals surface area contributed by atoms with E-state index in [-0.39, 0.29) is 0 Å².